The summed E-state index contributed by atoms with van der Waals surface area (Å²) in [7, 11) is 1.91. The van der Waals surface area contributed by atoms with Gasteiger partial charge in [0.1, 0.15) is 5.00 Å². The maximum absolute atomic E-state index is 12.7. The predicted octanol–water partition coefficient (Wildman–Crippen LogP) is 5.12. The SMILES string of the molecule is CCOC(=O)c1c(NC(=O)CSc2nnc(-c3csc(C(C)C)c3)n2C)sc2c1CCC2. The first-order valence-electron chi connectivity index (χ1n) is 10.6. The Balaban J connectivity index is 1.43. The molecule has 0 atom stereocenters. The molecule has 0 aliphatic heterocycles. The molecule has 1 amide bonds. The third-order valence-electron chi connectivity index (χ3n) is 5.27. The molecule has 170 valence electrons. The van der Waals surface area contributed by atoms with Gasteiger partial charge in [-0.3, -0.25) is 4.79 Å². The van der Waals surface area contributed by atoms with Gasteiger partial charge < -0.3 is 14.6 Å². The number of thioether (sulfide) groups is 1. The lowest BCUT2D eigenvalue weighted by Gasteiger charge is -2.08. The number of nitrogens with one attached hydrogen (secondary N) is 1. The number of ether oxygens (including phenoxy) is 1. The molecule has 0 saturated heterocycles. The van der Waals surface area contributed by atoms with Crippen molar-refractivity contribution in [3.63, 3.8) is 0 Å². The molecule has 32 heavy (non-hydrogen) atoms. The second-order valence-electron chi connectivity index (χ2n) is 7.88. The largest absolute Gasteiger partial charge is 0.462 e. The minimum absolute atomic E-state index is 0.178. The van der Waals surface area contributed by atoms with Gasteiger partial charge in [-0.15, -0.1) is 32.9 Å². The molecule has 0 radical (unpaired) electrons. The van der Waals surface area contributed by atoms with E-state index in [2.05, 4.69) is 40.8 Å². The number of hydrogen-bond donors (Lipinski definition) is 1. The van der Waals surface area contributed by atoms with Gasteiger partial charge >= 0.3 is 5.97 Å². The lowest BCUT2D eigenvalue weighted by Crippen LogP contribution is -2.17. The highest BCUT2D eigenvalue weighted by Crippen LogP contribution is 2.39. The highest BCUT2D eigenvalue weighted by Gasteiger charge is 2.28. The number of nitrogens with zero attached hydrogens (tertiary/aromatic N) is 3. The molecule has 1 aliphatic rings. The molecule has 0 unspecified atom stereocenters. The van der Waals surface area contributed by atoms with Crippen molar-refractivity contribution in [1.29, 1.82) is 0 Å². The summed E-state index contributed by atoms with van der Waals surface area (Å²) < 4.78 is 7.14. The molecule has 7 nitrogen and oxygen atoms in total. The number of carbonyl (C=O) groups excluding carboxylic acids is 2. The first-order chi connectivity index (χ1) is 15.4. The van der Waals surface area contributed by atoms with Gasteiger partial charge in [0.05, 0.1) is 17.9 Å². The van der Waals surface area contributed by atoms with Crippen LogP contribution in [0.5, 0.6) is 0 Å². The summed E-state index contributed by atoms with van der Waals surface area (Å²) in [5, 5.41) is 14.9. The zero-order valence-corrected chi connectivity index (χ0v) is 21.0. The van der Waals surface area contributed by atoms with Crippen molar-refractivity contribution in [3.8, 4) is 11.4 Å². The Morgan fingerprint density at radius 1 is 1.31 bits per heavy atom. The van der Waals surface area contributed by atoms with Crippen molar-refractivity contribution in [2.24, 2.45) is 7.05 Å². The fourth-order valence-electron chi connectivity index (χ4n) is 3.67. The number of aryl methyl sites for hydroxylation is 1. The fraction of sp³-hybridized carbons (Fsp3) is 0.455. The van der Waals surface area contributed by atoms with Crippen molar-refractivity contribution >= 4 is 51.3 Å². The van der Waals surface area contributed by atoms with E-state index < -0.39 is 0 Å². The first kappa shape index (κ1) is 23.0. The highest BCUT2D eigenvalue weighted by molar-refractivity contribution is 7.99. The molecule has 3 heterocycles. The quantitative estimate of drug-likeness (QED) is 0.348. The number of rotatable bonds is 8. The number of fused-ring (bicyclic) bond motifs is 1. The molecular weight excluding hydrogens is 464 g/mol. The van der Waals surface area contributed by atoms with Crippen molar-refractivity contribution in [1.82, 2.24) is 14.8 Å². The zero-order chi connectivity index (χ0) is 22.8. The van der Waals surface area contributed by atoms with Crippen LogP contribution in [0.1, 0.15) is 58.8 Å². The van der Waals surface area contributed by atoms with Gasteiger partial charge in [-0.25, -0.2) is 4.79 Å². The first-order valence-corrected chi connectivity index (χ1v) is 13.3. The molecule has 4 rings (SSSR count). The standard InChI is InChI=1S/C22H26N4O3S3/c1-5-29-21(28)18-14-7-6-8-15(14)32-20(18)23-17(27)11-31-22-25-24-19(26(22)4)13-9-16(12(2)3)30-10-13/h9-10,12H,5-8,11H2,1-4H3,(H,23,27). The molecular formula is C22H26N4O3S3. The van der Waals surface area contributed by atoms with Gasteiger partial charge in [0.25, 0.3) is 0 Å². The normalized spacial score (nSPS) is 12.9. The fourth-order valence-corrected chi connectivity index (χ4v) is 6.58. The van der Waals surface area contributed by atoms with Crippen LogP contribution in [0.2, 0.25) is 0 Å². The monoisotopic (exact) mass is 490 g/mol. The van der Waals surface area contributed by atoms with Gasteiger partial charge in [-0.1, -0.05) is 25.6 Å². The Hall–Kier alpha value is -2.17. The van der Waals surface area contributed by atoms with Gasteiger partial charge in [-0.2, -0.15) is 0 Å². The molecule has 3 aromatic heterocycles. The molecule has 10 heteroatoms. The van der Waals surface area contributed by atoms with Crippen molar-refractivity contribution in [3.05, 3.63) is 32.3 Å². The van der Waals surface area contributed by atoms with Crippen LogP contribution in [0.25, 0.3) is 11.4 Å². The summed E-state index contributed by atoms with van der Waals surface area (Å²) >= 11 is 4.53. The van der Waals surface area contributed by atoms with Crippen LogP contribution in [0, 0.1) is 0 Å². The van der Waals surface area contributed by atoms with Crippen molar-refractivity contribution in [2.75, 3.05) is 17.7 Å². The van der Waals surface area contributed by atoms with Gasteiger partial charge in [0.2, 0.25) is 5.91 Å². The number of esters is 1. The summed E-state index contributed by atoms with van der Waals surface area (Å²) in [4.78, 5) is 27.6. The van der Waals surface area contributed by atoms with E-state index in [0.717, 1.165) is 36.2 Å². The smallest absolute Gasteiger partial charge is 0.341 e. The second-order valence-corrected chi connectivity index (χ2v) is 10.9. The topological polar surface area (TPSA) is 86.1 Å². The second kappa shape index (κ2) is 9.76. The van der Waals surface area contributed by atoms with E-state index >= 15 is 0 Å². The summed E-state index contributed by atoms with van der Waals surface area (Å²) in [5.41, 5.74) is 2.60. The van der Waals surface area contributed by atoms with E-state index in [1.807, 2.05) is 11.6 Å². The van der Waals surface area contributed by atoms with E-state index in [1.54, 1.807) is 18.3 Å². The molecule has 0 bridgehead atoms. The van der Waals surface area contributed by atoms with E-state index in [9.17, 15) is 9.59 Å². The number of thiophene rings is 2. The van der Waals surface area contributed by atoms with Crippen LogP contribution in [-0.4, -0.2) is 39.0 Å². The summed E-state index contributed by atoms with van der Waals surface area (Å²) in [6.45, 7) is 6.43. The van der Waals surface area contributed by atoms with Crippen molar-refractivity contribution < 1.29 is 14.3 Å². The van der Waals surface area contributed by atoms with Gasteiger partial charge in [-0.05, 0) is 43.7 Å². The van der Waals surface area contributed by atoms with Crippen LogP contribution in [0.3, 0.4) is 0 Å². The van der Waals surface area contributed by atoms with Crippen LogP contribution in [-0.2, 0) is 29.4 Å². The third kappa shape index (κ3) is 4.62. The number of hydrogen-bond acceptors (Lipinski definition) is 8. The van der Waals surface area contributed by atoms with E-state index in [-0.39, 0.29) is 17.6 Å². The molecule has 1 N–H and O–H groups in total. The van der Waals surface area contributed by atoms with Crippen LogP contribution in [0.4, 0.5) is 5.00 Å². The van der Waals surface area contributed by atoms with Crippen molar-refractivity contribution in [2.45, 2.75) is 51.1 Å². The van der Waals surface area contributed by atoms with E-state index in [0.29, 0.717) is 28.2 Å². The molecule has 0 aromatic carbocycles. The minimum atomic E-state index is -0.357. The Morgan fingerprint density at radius 3 is 2.84 bits per heavy atom. The third-order valence-corrected chi connectivity index (χ3v) is 8.73. The number of carbonyl (C=O) groups is 2. The number of aromatic nitrogens is 3. The molecule has 0 fully saturated rings. The predicted molar refractivity (Wildman–Crippen MR) is 130 cm³/mol. The average molecular weight is 491 g/mol. The van der Waals surface area contributed by atoms with E-state index in [4.69, 9.17) is 4.74 Å². The molecule has 0 spiro atoms. The van der Waals surface area contributed by atoms with Crippen LogP contribution >= 0.6 is 34.4 Å². The lowest BCUT2D eigenvalue weighted by atomic mass is 10.1. The van der Waals surface area contributed by atoms with Gasteiger partial charge in [0, 0.05) is 27.7 Å². The Kier molecular flexibility index (Phi) is 7.02. The van der Waals surface area contributed by atoms with Gasteiger partial charge in [0.15, 0.2) is 11.0 Å². The summed E-state index contributed by atoms with van der Waals surface area (Å²) in [6, 6.07) is 2.15. The average Bonchev–Trinajstić information content (AvgIpc) is 3.50. The number of anilines is 1. The molecule has 1 aliphatic carbocycles. The Bertz CT molecular complexity index is 1150. The summed E-state index contributed by atoms with van der Waals surface area (Å²) in [5.74, 6) is 0.900. The Morgan fingerprint density at radius 2 is 2.12 bits per heavy atom. The van der Waals surface area contributed by atoms with E-state index in [1.165, 1.54) is 32.9 Å². The number of amides is 1. The highest BCUT2D eigenvalue weighted by atomic mass is 32.2. The Labute approximate surface area is 199 Å². The molecule has 0 saturated carbocycles. The maximum atomic E-state index is 12.7. The minimum Gasteiger partial charge on any atom is -0.462 e. The van der Waals surface area contributed by atoms with Crippen LogP contribution < -0.4 is 5.32 Å². The lowest BCUT2D eigenvalue weighted by molar-refractivity contribution is -0.113. The maximum Gasteiger partial charge on any atom is 0.341 e. The van der Waals surface area contributed by atoms with Crippen LogP contribution in [0.15, 0.2) is 16.6 Å². The summed E-state index contributed by atoms with van der Waals surface area (Å²) in [6.07, 6.45) is 2.84. The molecule has 3 aromatic rings. The zero-order valence-electron chi connectivity index (χ0n) is 18.6.